The first-order valence-corrected chi connectivity index (χ1v) is 8.60. The molecule has 25 heavy (non-hydrogen) atoms. The minimum atomic E-state index is 0.133. The van der Waals surface area contributed by atoms with Gasteiger partial charge in [-0.2, -0.15) is 0 Å². The van der Waals surface area contributed by atoms with Crippen LogP contribution in [0.15, 0.2) is 36.7 Å². The fraction of sp³-hybridized carbons (Fsp3) is 0.474. The number of hydrogen-bond donors (Lipinski definition) is 0. The topological polar surface area (TPSA) is 50.6 Å². The summed E-state index contributed by atoms with van der Waals surface area (Å²) in [6, 6.07) is 7.71. The van der Waals surface area contributed by atoms with E-state index in [0.29, 0.717) is 18.9 Å². The summed E-state index contributed by atoms with van der Waals surface area (Å²) in [6.45, 7) is 3.17. The van der Waals surface area contributed by atoms with Crippen LogP contribution in [0.5, 0.6) is 5.75 Å². The maximum atomic E-state index is 12.9. The molecule has 0 saturated heterocycles. The quantitative estimate of drug-likeness (QED) is 0.829. The molecule has 3 rings (SSSR count). The van der Waals surface area contributed by atoms with Crippen LogP contribution in [0.3, 0.4) is 0 Å². The standard InChI is InChI=1S/C19H26N4O2/c1-21(2)11-16-12-22-8-7-20-18(22)14-23(13-16)19(24)10-15-5-4-6-17(9-15)25-3/h4-9,16H,10-14H2,1-3H3. The molecule has 2 aromatic rings. The van der Waals surface area contributed by atoms with Crippen LogP contribution in [0.4, 0.5) is 0 Å². The number of rotatable bonds is 5. The summed E-state index contributed by atoms with van der Waals surface area (Å²) >= 11 is 0. The van der Waals surface area contributed by atoms with E-state index < -0.39 is 0 Å². The maximum Gasteiger partial charge on any atom is 0.227 e. The number of nitrogens with zero attached hydrogens (tertiary/aromatic N) is 4. The number of hydrogen-bond acceptors (Lipinski definition) is 4. The van der Waals surface area contributed by atoms with Crippen LogP contribution >= 0.6 is 0 Å². The molecule has 1 amide bonds. The summed E-state index contributed by atoms with van der Waals surface area (Å²) in [4.78, 5) is 21.5. The summed E-state index contributed by atoms with van der Waals surface area (Å²) in [5.74, 6) is 2.26. The molecule has 1 aliphatic rings. The molecule has 6 nitrogen and oxygen atoms in total. The summed E-state index contributed by atoms with van der Waals surface area (Å²) in [5.41, 5.74) is 0.973. The Balaban J connectivity index is 1.75. The normalized spacial score (nSPS) is 17.3. The van der Waals surface area contributed by atoms with E-state index in [-0.39, 0.29) is 5.91 Å². The van der Waals surface area contributed by atoms with Gasteiger partial charge in [-0.25, -0.2) is 4.98 Å². The van der Waals surface area contributed by atoms with Gasteiger partial charge in [0.15, 0.2) is 0 Å². The second-order valence-corrected chi connectivity index (χ2v) is 6.93. The van der Waals surface area contributed by atoms with E-state index in [4.69, 9.17) is 4.74 Å². The molecule has 0 saturated carbocycles. The molecule has 1 atom stereocenters. The molecule has 0 aliphatic carbocycles. The second kappa shape index (κ2) is 7.70. The third-order valence-corrected chi connectivity index (χ3v) is 4.53. The Hall–Kier alpha value is -2.34. The van der Waals surface area contributed by atoms with Gasteiger partial charge >= 0.3 is 0 Å². The summed E-state index contributed by atoms with van der Waals surface area (Å²) < 4.78 is 7.43. The van der Waals surface area contributed by atoms with E-state index in [1.165, 1.54) is 0 Å². The Morgan fingerprint density at radius 1 is 1.36 bits per heavy atom. The smallest absolute Gasteiger partial charge is 0.227 e. The predicted octanol–water partition coefficient (Wildman–Crippen LogP) is 1.65. The lowest BCUT2D eigenvalue weighted by Gasteiger charge is -2.26. The van der Waals surface area contributed by atoms with Crippen LogP contribution in [0.1, 0.15) is 11.4 Å². The molecule has 6 heteroatoms. The number of methoxy groups -OCH3 is 1. The maximum absolute atomic E-state index is 12.9. The van der Waals surface area contributed by atoms with E-state index in [0.717, 1.165) is 36.8 Å². The first-order chi connectivity index (χ1) is 12.0. The van der Waals surface area contributed by atoms with Crippen molar-refractivity contribution in [3.63, 3.8) is 0 Å². The Kier molecular flexibility index (Phi) is 5.38. The lowest BCUT2D eigenvalue weighted by molar-refractivity contribution is -0.131. The summed E-state index contributed by atoms with van der Waals surface area (Å²) in [5, 5.41) is 0. The molecule has 0 spiro atoms. The van der Waals surface area contributed by atoms with Crippen LogP contribution < -0.4 is 4.74 Å². The molecular weight excluding hydrogens is 316 g/mol. The Morgan fingerprint density at radius 3 is 2.96 bits per heavy atom. The molecule has 1 aliphatic heterocycles. The van der Waals surface area contributed by atoms with Gasteiger partial charge in [-0.3, -0.25) is 4.79 Å². The van der Waals surface area contributed by atoms with Crippen molar-refractivity contribution in [1.82, 2.24) is 19.4 Å². The fourth-order valence-electron chi connectivity index (χ4n) is 3.43. The van der Waals surface area contributed by atoms with Crippen LogP contribution in [0.2, 0.25) is 0 Å². The van der Waals surface area contributed by atoms with E-state index >= 15 is 0 Å². The Morgan fingerprint density at radius 2 is 2.20 bits per heavy atom. The molecule has 1 aromatic heterocycles. The average molecular weight is 342 g/mol. The van der Waals surface area contributed by atoms with Gasteiger partial charge in [0, 0.05) is 37.9 Å². The van der Waals surface area contributed by atoms with Crippen molar-refractivity contribution >= 4 is 5.91 Å². The number of carbonyl (C=O) groups is 1. The van der Waals surface area contributed by atoms with Crippen LogP contribution in [-0.2, 0) is 24.3 Å². The zero-order valence-electron chi connectivity index (χ0n) is 15.2. The molecule has 0 fully saturated rings. The Bertz CT molecular complexity index is 726. The highest BCUT2D eigenvalue weighted by Gasteiger charge is 2.26. The Labute approximate surface area is 149 Å². The third kappa shape index (κ3) is 4.39. The van der Waals surface area contributed by atoms with Crippen LogP contribution in [0, 0.1) is 5.92 Å². The number of ether oxygens (including phenoxy) is 1. The van der Waals surface area contributed by atoms with E-state index in [9.17, 15) is 4.79 Å². The number of aromatic nitrogens is 2. The number of imidazole rings is 1. The van der Waals surface area contributed by atoms with Crippen LogP contribution in [-0.4, -0.2) is 59.6 Å². The molecule has 1 aromatic carbocycles. The highest BCUT2D eigenvalue weighted by atomic mass is 16.5. The number of amides is 1. The van der Waals surface area contributed by atoms with E-state index in [1.807, 2.05) is 41.6 Å². The molecular formula is C19H26N4O2. The molecule has 2 heterocycles. The van der Waals surface area contributed by atoms with Gasteiger partial charge in [0.1, 0.15) is 11.6 Å². The number of carbonyl (C=O) groups excluding carboxylic acids is 1. The predicted molar refractivity (Wildman–Crippen MR) is 96.4 cm³/mol. The molecule has 1 unspecified atom stereocenters. The number of fused-ring (bicyclic) bond motifs is 1. The number of benzene rings is 1. The average Bonchev–Trinajstić information content (AvgIpc) is 2.93. The van der Waals surface area contributed by atoms with Gasteiger partial charge in [0.05, 0.1) is 20.1 Å². The van der Waals surface area contributed by atoms with Crippen molar-refractivity contribution in [3.05, 3.63) is 48.0 Å². The lowest BCUT2D eigenvalue weighted by Crippen LogP contribution is -2.38. The van der Waals surface area contributed by atoms with E-state index in [2.05, 4.69) is 28.5 Å². The summed E-state index contributed by atoms with van der Waals surface area (Å²) in [7, 11) is 5.78. The van der Waals surface area contributed by atoms with Gasteiger partial charge in [-0.15, -0.1) is 0 Å². The first-order valence-electron chi connectivity index (χ1n) is 8.60. The lowest BCUT2D eigenvalue weighted by atomic mass is 10.1. The van der Waals surface area contributed by atoms with Gasteiger partial charge in [0.25, 0.3) is 0 Å². The van der Waals surface area contributed by atoms with Gasteiger partial charge < -0.3 is 19.1 Å². The SMILES string of the molecule is COc1cccc(CC(=O)N2Cc3nccn3CC(CN(C)C)C2)c1. The zero-order valence-corrected chi connectivity index (χ0v) is 15.2. The third-order valence-electron chi connectivity index (χ3n) is 4.53. The highest BCUT2D eigenvalue weighted by Crippen LogP contribution is 2.19. The van der Waals surface area contributed by atoms with Gasteiger partial charge in [0.2, 0.25) is 5.91 Å². The fourth-order valence-corrected chi connectivity index (χ4v) is 3.43. The van der Waals surface area contributed by atoms with Crippen LogP contribution in [0.25, 0.3) is 0 Å². The first kappa shape index (κ1) is 17.5. The molecule has 134 valence electrons. The van der Waals surface area contributed by atoms with Gasteiger partial charge in [-0.1, -0.05) is 12.1 Å². The largest absolute Gasteiger partial charge is 0.497 e. The summed E-state index contributed by atoms with van der Waals surface area (Å²) in [6.07, 6.45) is 4.21. The van der Waals surface area contributed by atoms with Gasteiger partial charge in [-0.05, 0) is 31.8 Å². The van der Waals surface area contributed by atoms with Crippen molar-refractivity contribution in [1.29, 1.82) is 0 Å². The monoisotopic (exact) mass is 342 g/mol. The van der Waals surface area contributed by atoms with Crippen molar-refractivity contribution in [2.75, 3.05) is 34.3 Å². The second-order valence-electron chi connectivity index (χ2n) is 6.93. The van der Waals surface area contributed by atoms with E-state index in [1.54, 1.807) is 7.11 Å². The highest BCUT2D eigenvalue weighted by molar-refractivity contribution is 5.78. The zero-order chi connectivity index (χ0) is 17.8. The van der Waals surface area contributed by atoms with Crippen molar-refractivity contribution in [3.8, 4) is 5.75 Å². The van der Waals surface area contributed by atoms with Crippen molar-refractivity contribution < 1.29 is 9.53 Å². The minimum Gasteiger partial charge on any atom is -0.497 e. The van der Waals surface area contributed by atoms with Crippen molar-refractivity contribution in [2.45, 2.75) is 19.5 Å². The molecule has 0 N–H and O–H groups in total. The molecule has 0 bridgehead atoms. The van der Waals surface area contributed by atoms with Crippen molar-refractivity contribution in [2.24, 2.45) is 5.92 Å². The molecule has 0 radical (unpaired) electrons. The minimum absolute atomic E-state index is 0.133.